The number of hydrogen-bond acceptors (Lipinski definition) is 4. The quantitative estimate of drug-likeness (QED) is 0.641. The van der Waals surface area contributed by atoms with Crippen molar-refractivity contribution in [2.75, 3.05) is 6.61 Å². The number of ether oxygens (including phenoxy) is 1. The van der Waals surface area contributed by atoms with Crippen LogP contribution in [0.15, 0.2) is 18.2 Å². The Kier molecular flexibility index (Phi) is 4.59. The van der Waals surface area contributed by atoms with E-state index in [0.717, 1.165) is 12.1 Å². The number of nitro benzene ring substituents is 1. The third-order valence-electron chi connectivity index (χ3n) is 1.94. The first-order valence-corrected chi connectivity index (χ1v) is 5.26. The van der Waals surface area contributed by atoms with Crippen LogP contribution in [0.2, 0.25) is 0 Å². The Balaban J connectivity index is 2.61. The monoisotopic (exact) mass is 256 g/mol. The normalized spacial score (nSPS) is 10.2. The summed E-state index contributed by atoms with van der Waals surface area (Å²) in [4.78, 5) is 20.8. The standard InChI is InChI=1S/C11H13FN2O4/c1-7(2)13-11(15)6-18-8-3-4-10(14(16)17)9(12)5-8/h3-5,7H,6H2,1-2H3,(H,13,15). The predicted molar refractivity (Wildman–Crippen MR) is 61.8 cm³/mol. The summed E-state index contributed by atoms with van der Waals surface area (Å²) >= 11 is 0. The number of amides is 1. The van der Waals surface area contributed by atoms with Gasteiger partial charge in [0.25, 0.3) is 5.91 Å². The van der Waals surface area contributed by atoms with Gasteiger partial charge < -0.3 is 10.1 Å². The molecular formula is C11H13FN2O4. The highest BCUT2D eigenvalue weighted by molar-refractivity contribution is 5.77. The second-order valence-corrected chi connectivity index (χ2v) is 3.88. The molecule has 0 fully saturated rings. The number of halogens is 1. The smallest absolute Gasteiger partial charge is 0.305 e. The molecule has 0 saturated carbocycles. The predicted octanol–water partition coefficient (Wildman–Crippen LogP) is 1.64. The fourth-order valence-corrected chi connectivity index (χ4v) is 1.24. The Morgan fingerprint density at radius 3 is 2.72 bits per heavy atom. The number of carbonyl (C=O) groups excluding carboxylic acids is 1. The van der Waals surface area contributed by atoms with Gasteiger partial charge in [0.05, 0.1) is 4.92 Å². The van der Waals surface area contributed by atoms with Crippen molar-refractivity contribution in [1.29, 1.82) is 0 Å². The summed E-state index contributed by atoms with van der Waals surface area (Å²) in [6.07, 6.45) is 0. The molecule has 0 atom stereocenters. The van der Waals surface area contributed by atoms with Crippen molar-refractivity contribution in [1.82, 2.24) is 5.32 Å². The summed E-state index contributed by atoms with van der Waals surface area (Å²) in [5.41, 5.74) is -0.631. The van der Waals surface area contributed by atoms with Crippen LogP contribution in [0.25, 0.3) is 0 Å². The van der Waals surface area contributed by atoms with Gasteiger partial charge in [-0.3, -0.25) is 14.9 Å². The van der Waals surface area contributed by atoms with Gasteiger partial charge in [-0.15, -0.1) is 0 Å². The zero-order valence-electron chi connectivity index (χ0n) is 9.97. The number of rotatable bonds is 5. The second-order valence-electron chi connectivity index (χ2n) is 3.88. The molecule has 18 heavy (non-hydrogen) atoms. The molecule has 1 aromatic rings. The average Bonchev–Trinajstić information content (AvgIpc) is 2.25. The first kappa shape index (κ1) is 13.9. The van der Waals surface area contributed by atoms with Crippen molar-refractivity contribution >= 4 is 11.6 Å². The van der Waals surface area contributed by atoms with Crippen LogP contribution in [-0.4, -0.2) is 23.5 Å². The van der Waals surface area contributed by atoms with Gasteiger partial charge in [0.15, 0.2) is 6.61 Å². The van der Waals surface area contributed by atoms with Crippen LogP contribution in [-0.2, 0) is 4.79 Å². The van der Waals surface area contributed by atoms with E-state index in [2.05, 4.69) is 5.32 Å². The minimum Gasteiger partial charge on any atom is -0.484 e. The molecule has 0 aliphatic heterocycles. The highest BCUT2D eigenvalue weighted by Crippen LogP contribution is 2.22. The number of benzene rings is 1. The Bertz CT molecular complexity index is 462. The number of nitrogens with zero attached hydrogens (tertiary/aromatic N) is 1. The topological polar surface area (TPSA) is 81.5 Å². The van der Waals surface area contributed by atoms with E-state index in [-0.39, 0.29) is 24.3 Å². The van der Waals surface area contributed by atoms with Crippen LogP contribution >= 0.6 is 0 Å². The molecule has 0 unspecified atom stereocenters. The Hall–Kier alpha value is -2.18. The summed E-state index contributed by atoms with van der Waals surface area (Å²) < 4.78 is 18.2. The largest absolute Gasteiger partial charge is 0.484 e. The molecule has 0 bridgehead atoms. The maximum Gasteiger partial charge on any atom is 0.305 e. The van der Waals surface area contributed by atoms with Gasteiger partial charge in [0.1, 0.15) is 5.75 Å². The van der Waals surface area contributed by atoms with Crippen LogP contribution in [0.5, 0.6) is 5.75 Å². The van der Waals surface area contributed by atoms with Crippen LogP contribution in [0, 0.1) is 15.9 Å². The van der Waals surface area contributed by atoms with E-state index < -0.39 is 16.4 Å². The number of nitro groups is 1. The van der Waals surface area contributed by atoms with E-state index in [0.29, 0.717) is 0 Å². The molecule has 0 radical (unpaired) electrons. The highest BCUT2D eigenvalue weighted by atomic mass is 19.1. The van der Waals surface area contributed by atoms with Crippen LogP contribution in [0.1, 0.15) is 13.8 Å². The molecule has 1 amide bonds. The van der Waals surface area contributed by atoms with Crippen LogP contribution in [0.3, 0.4) is 0 Å². The van der Waals surface area contributed by atoms with E-state index in [1.807, 2.05) is 0 Å². The average molecular weight is 256 g/mol. The third kappa shape index (κ3) is 4.00. The maximum atomic E-state index is 13.2. The minimum absolute atomic E-state index is 0.0188. The van der Waals surface area contributed by atoms with Crippen molar-refractivity contribution < 1.29 is 18.8 Å². The molecule has 0 spiro atoms. The van der Waals surface area contributed by atoms with Crippen LogP contribution in [0.4, 0.5) is 10.1 Å². The molecule has 0 aliphatic carbocycles. The summed E-state index contributed by atoms with van der Waals surface area (Å²) in [5, 5.41) is 13.0. The van der Waals surface area contributed by atoms with Crippen molar-refractivity contribution in [2.45, 2.75) is 19.9 Å². The Morgan fingerprint density at radius 2 is 2.22 bits per heavy atom. The maximum absolute atomic E-state index is 13.2. The van der Waals surface area contributed by atoms with E-state index in [9.17, 15) is 19.3 Å². The lowest BCUT2D eigenvalue weighted by Gasteiger charge is -2.09. The lowest BCUT2D eigenvalue weighted by Crippen LogP contribution is -2.34. The summed E-state index contributed by atoms with van der Waals surface area (Å²) in [6.45, 7) is 3.32. The second kappa shape index (κ2) is 5.95. The van der Waals surface area contributed by atoms with Gasteiger partial charge in [-0.05, 0) is 19.9 Å². The van der Waals surface area contributed by atoms with Crippen molar-refractivity contribution in [3.8, 4) is 5.75 Å². The molecule has 1 rings (SSSR count). The SMILES string of the molecule is CC(C)NC(=O)COc1ccc([N+](=O)[O-])c(F)c1. The molecule has 7 heteroatoms. The lowest BCUT2D eigenvalue weighted by atomic mass is 10.3. The van der Waals surface area contributed by atoms with E-state index in [4.69, 9.17) is 4.74 Å². The summed E-state index contributed by atoms with van der Waals surface area (Å²) in [6, 6.07) is 3.09. The molecule has 0 aromatic heterocycles. The first-order chi connectivity index (χ1) is 8.40. The van der Waals surface area contributed by atoms with Gasteiger partial charge >= 0.3 is 5.69 Å². The minimum atomic E-state index is -0.998. The van der Waals surface area contributed by atoms with Crippen molar-refractivity contribution in [3.63, 3.8) is 0 Å². The molecule has 1 N–H and O–H groups in total. The van der Waals surface area contributed by atoms with Gasteiger partial charge in [-0.25, -0.2) is 0 Å². The van der Waals surface area contributed by atoms with E-state index in [1.54, 1.807) is 13.8 Å². The third-order valence-corrected chi connectivity index (χ3v) is 1.94. The van der Waals surface area contributed by atoms with Gasteiger partial charge in [0.2, 0.25) is 5.82 Å². The van der Waals surface area contributed by atoms with Crippen molar-refractivity contribution in [2.24, 2.45) is 0 Å². The number of carbonyl (C=O) groups is 1. The van der Waals surface area contributed by atoms with Gasteiger partial charge in [-0.1, -0.05) is 0 Å². The molecule has 1 aromatic carbocycles. The van der Waals surface area contributed by atoms with E-state index in [1.165, 1.54) is 6.07 Å². The first-order valence-electron chi connectivity index (χ1n) is 5.26. The van der Waals surface area contributed by atoms with Gasteiger partial charge in [-0.2, -0.15) is 4.39 Å². The zero-order valence-corrected chi connectivity index (χ0v) is 9.97. The highest BCUT2D eigenvalue weighted by Gasteiger charge is 2.14. The number of nitrogens with one attached hydrogen (secondary N) is 1. The Labute approximate surface area is 103 Å². The lowest BCUT2D eigenvalue weighted by molar-refractivity contribution is -0.387. The van der Waals surface area contributed by atoms with E-state index >= 15 is 0 Å². The fraction of sp³-hybridized carbons (Fsp3) is 0.364. The molecule has 0 saturated heterocycles. The Morgan fingerprint density at radius 1 is 1.56 bits per heavy atom. The van der Waals surface area contributed by atoms with Crippen LogP contribution < -0.4 is 10.1 Å². The summed E-state index contributed by atoms with van der Waals surface area (Å²) in [7, 11) is 0. The molecular weight excluding hydrogens is 243 g/mol. The molecule has 0 heterocycles. The number of hydrogen-bond donors (Lipinski definition) is 1. The zero-order chi connectivity index (χ0) is 13.7. The van der Waals surface area contributed by atoms with Gasteiger partial charge in [0, 0.05) is 18.2 Å². The summed E-state index contributed by atoms with van der Waals surface area (Å²) in [5.74, 6) is -1.28. The fourth-order valence-electron chi connectivity index (χ4n) is 1.24. The molecule has 98 valence electrons. The molecule has 0 aliphatic rings. The molecule has 6 nitrogen and oxygen atoms in total. The van der Waals surface area contributed by atoms with Crippen molar-refractivity contribution in [3.05, 3.63) is 34.1 Å².